The molecule has 0 aliphatic heterocycles. The fraction of sp³-hybridized carbons (Fsp3) is 0.500. The van der Waals surface area contributed by atoms with Gasteiger partial charge in [-0.2, -0.15) is 5.10 Å². The lowest BCUT2D eigenvalue weighted by Crippen LogP contribution is -2.21. The lowest BCUT2D eigenvalue weighted by molar-refractivity contribution is 0.174. The van der Waals surface area contributed by atoms with Gasteiger partial charge >= 0.3 is 0 Å². The largest absolute Gasteiger partial charge is 0.387 e. The Labute approximate surface area is 126 Å². The van der Waals surface area contributed by atoms with Gasteiger partial charge in [-0.25, -0.2) is 4.98 Å². The van der Waals surface area contributed by atoms with Gasteiger partial charge in [-0.05, 0) is 23.5 Å². The van der Waals surface area contributed by atoms with Crippen LogP contribution in [0.4, 0.5) is 0 Å². The summed E-state index contributed by atoms with van der Waals surface area (Å²) >= 11 is 0. The minimum absolute atomic E-state index is 0.488. The van der Waals surface area contributed by atoms with Crippen LogP contribution in [0.3, 0.4) is 0 Å². The third-order valence-corrected chi connectivity index (χ3v) is 3.28. The standard InChI is InChI=1S/C16H24N4O/c1-12(2)8-13-4-6-14(7-5-13)15(21)9-17-10-16-18-11-20(3)19-16/h4-7,11-12,15,17,21H,8-10H2,1-3H3. The topological polar surface area (TPSA) is 63.0 Å². The predicted octanol–water partition coefficient (Wildman–Crippen LogP) is 1.84. The third kappa shape index (κ3) is 4.95. The van der Waals surface area contributed by atoms with Crippen molar-refractivity contribution in [2.45, 2.75) is 32.9 Å². The van der Waals surface area contributed by atoms with E-state index in [1.165, 1.54) is 5.56 Å². The fourth-order valence-corrected chi connectivity index (χ4v) is 2.25. The van der Waals surface area contributed by atoms with Crippen molar-refractivity contribution >= 4 is 0 Å². The predicted molar refractivity (Wildman–Crippen MR) is 82.7 cm³/mol. The number of hydrogen-bond acceptors (Lipinski definition) is 4. The molecule has 5 heteroatoms. The number of rotatable bonds is 7. The summed E-state index contributed by atoms with van der Waals surface area (Å²) in [5.74, 6) is 1.38. The molecule has 0 spiro atoms. The van der Waals surface area contributed by atoms with Crippen molar-refractivity contribution < 1.29 is 5.11 Å². The van der Waals surface area contributed by atoms with E-state index in [1.807, 2.05) is 19.2 Å². The molecule has 21 heavy (non-hydrogen) atoms. The van der Waals surface area contributed by atoms with Crippen LogP contribution in [0.25, 0.3) is 0 Å². The Bertz CT molecular complexity index is 548. The number of hydrogen-bond donors (Lipinski definition) is 2. The van der Waals surface area contributed by atoms with Crippen LogP contribution in [0, 0.1) is 5.92 Å². The molecule has 114 valence electrons. The highest BCUT2D eigenvalue weighted by Crippen LogP contribution is 2.15. The van der Waals surface area contributed by atoms with Crippen LogP contribution in [0.2, 0.25) is 0 Å². The number of nitrogens with zero attached hydrogens (tertiary/aromatic N) is 3. The summed E-state index contributed by atoms with van der Waals surface area (Å²) in [4.78, 5) is 4.13. The molecule has 0 aliphatic rings. The van der Waals surface area contributed by atoms with Gasteiger partial charge in [-0.1, -0.05) is 38.1 Å². The lowest BCUT2D eigenvalue weighted by atomic mass is 10.0. The van der Waals surface area contributed by atoms with E-state index in [9.17, 15) is 5.11 Å². The molecule has 2 rings (SSSR count). The average molecular weight is 288 g/mol. The van der Waals surface area contributed by atoms with Crippen LogP contribution in [-0.2, 0) is 20.0 Å². The van der Waals surface area contributed by atoms with E-state index in [0.717, 1.165) is 17.8 Å². The molecular weight excluding hydrogens is 264 g/mol. The summed E-state index contributed by atoms with van der Waals surface area (Å²) in [6.07, 6.45) is 2.22. The second-order valence-electron chi connectivity index (χ2n) is 5.82. The van der Waals surface area contributed by atoms with Crippen molar-refractivity contribution in [1.29, 1.82) is 0 Å². The Morgan fingerprint density at radius 2 is 1.95 bits per heavy atom. The van der Waals surface area contributed by atoms with Crippen LogP contribution in [0.1, 0.15) is 36.9 Å². The maximum absolute atomic E-state index is 10.2. The Hall–Kier alpha value is -1.72. The molecule has 1 unspecified atom stereocenters. The summed E-state index contributed by atoms with van der Waals surface area (Å²) in [6, 6.07) is 8.20. The SMILES string of the molecule is CC(C)Cc1ccc(C(O)CNCc2ncn(C)n2)cc1. The van der Waals surface area contributed by atoms with Gasteiger partial charge in [0.05, 0.1) is 12.6 Å². The Balaban J connectivity index is 1.81. The van der Waals surface area contributed by atoms with Gasteiger partial charge in [-0.3, -0.25) is 4.68 Å². The zero-order valence-electron chi connectivity index (χ0n) is 13.0. The van der Waals surface area contributed by atoms with Gasteiger partial charge in [0, 0.05) is 13.6 Å². The van der Waals surface area contributed by atoms with E-state index in [1.54, 1.807) is 11.0 Å². The monoisotopic (exact) mass is 288 g/mol. The van der Waals surface area contributed by atoms with E-state index in [-0.39, 0.29) is 0 Å². The maximum atomic E-state index is 10.2. The summed E-state index contributed by atoms with van der Waals surface area (Å²) in [6.45, 7) is 5.46. The van der Waals surface area contributed by atoms with Crippen molar-refractivity contribution in [3.63, 3.8) is 0 Å². The number of nitrogens with one attached hydrogen (secondary N) is 1. The van der Waals surface area contributed by atoms with Gasteiger partial charge in [0.2, 0.25) is 0 Å². The van der Waals surface area contributed by atoms with E-state index < -0.39 is 6.10 Å². The molecule has 0 amide bonds. The third-order valence-electron chi connectivity index (χ3n) is 3.28. The number of aryl methyl sites for hydroxylation is 1. The molecule has 0 radical (unpaired) electrons. The highest BCUT2D eigenvalue weighted by molar-refractivity contribution is 5.24. The molecule has 1 heterocycles. The summed E-state index contributed by atoms with van der Waals surface area (Å²) < 4.78 is 1.67. The van der Waals surface area contributed by atoms with Crippen molar-refractivity contribution in [2.24, 2.45) is 13.0 Å². The summed E-state index contributed by atoms with van der Waals surface area (Å²) in [7, 11) is 1.84. The molecule has 0 saturated heterocycles. The van der Waals surface area contributed by atoms with Crippen LogP contribution >= 0.6 is 0 Å². The zero-order valence-corrected chi connectivity index (χ0v) is 13.0. The normalized spacial score (nSPS) is 12.8. The quantitative estimate of drug-likeness (QED) is 0.816. The van der Waals surface area contributed by atoms with Crippen molar-refractivity contribution in [3.8, 4) is 0 Å². The molecular formula is C16H24N4O. The highest BCUT2D eigenvalue weighted by atomic mass is 16.3. The molecule has 1 aromatic heterocycles. The lowest BCUT2D eigenvalue weighted by Gasteiger charge is -2.12. The van der Waals surface area contributed by atoms with Gasteiger partial charge in [0.15, 0.2) is 5.82 Å². The first kappa shape index (κ1) is 15.7. The Morgan fingerprint density at radius 1 is 1.24 bits per heavy atom. The van der Waals surface area contributed by atoms with Gasteiger partial charge in [-0.15, -0.1) is 0 Å². The molecule has 0 fully saturated rings. The summed E-state index contributed by atoms with van der Waals surface area (Å²) in [5, 5.41) is 17.5. The molecule has 0 bridgehead atoms. The van der Waals surface area contributed by atoms with Crippen molar-refractivity contribution in [3.05, 3.63) is 47.5 Å². The van der Waals surface area contributed by atoms with Crippen LogP contribution < -0.4 is 5.32 Å². The molecule has 5 nitrogen and oxygen atoms in total. The van der Waals surface area contributed by atoms with Gasteiger partial charge in [0.1, 0.15) is 6.33 Å². The number of aliphatic hydroxyl groups is 1. The van der Waals surface area contributed by atoms with E-state index in [4.69, 9.17) is 0 Å². The average Bonchev–Trinajstić information content (AvgIpc) is 2.84. The number of aromatic nitrogens is 3. The summed E-state index contributed by atoms with van der Waals surface area (Å²) in [5.41, 5.74) is 2.25. The van der Waals surface area contributed by atoms with Crippen molar-refractivity contribution in [2.75, 3.05) is 6.54 Å². The molecule has 1 atom stereocenters. The van der Waals surface area contributed by atoms with Crippen LogP contribution in [-0.4, -0.2) is 26.4 Å². The smallest absolute Gasteiger partial charge is 0.164 e. The fourth-order valence-electron chi connectivity index (χ4n) is 2.25. The molecule has 2 N–H and O–H groups in total. The second-order valence-corrected chi connectivity index (χ2v) is 5.82. The van der Waals surface area contributed by atoms with E-state index >= 15 is 0 Å². The second kappa shape index (κ2) is 7.33. The van der Waals surface area contributed by atoms with Gasteiger partial charge in [0.25, 0.3) is 0 Å². The van der Waals surface area contributed by atoms with Crippen LogP contribution in [0.5, 0.6) is 0 Å². The minimum Gasteiger partial charge on any atom is -0.387 e. The first-order valence-corrected chi connectivity index (χ1v) is 7.36. The molecule has 1 aromatic carbocycles. The molecule has 0 aliphatic carbocycles. The Kier molecular flexibility index (Phi) is 5.47. The number of benzene rings is 1. The first-order valence-electron chi connectivity index (χ1n) is 7.36. The van der Waals surface area contributed by atoms with E-state index in [0.29, 0.717) is 19.0 Å². The van der Waals surface area contributed by atoms with Crippen molar-refractivity contribution in [1.82, 2.24) is 20.1 Å². The van der Waals surface area contributed by atoms with Gasteiger partial charge < -0.3 is 10.4 Å². The first-order chi connectivity index (χ1) is 10.0. The van der Waals surface area contributed by atoms with E-state index in [2.05, 4.69) is 41.4 Å². The van der Waals surface area contributed by atoms with Crippen LogP contribution in [0.15, 0.2) is 30.6 Å². The molecule has 0 saturated carbocycles. The minimum atomic E-state index is -0.512. The zero-order chi connectivity index (χ0) is 15.2. The number of aliphatic hydroxyl groups excluding tert-OH is 1. The highest BCUT2D eigenvalue weighted by Gasteiger charge is 2.08. The molecule has 2 aromatic rings. The Morgan fingerprint density at radius 3 is 2.52 bits per heavy atom. The maximum Gasteiger partial charge on any atom is 0.164 e.